The van der Waals surface area contributed by atoms with Crippen LogP contribution in [0.5, 0.6) is 0 Å². The molecule has 3 aromatic heterocycles. The van der Waals surface area contributed by atoms with Gasteiger partial charge >= 0.3 is 0 Å². The Morgan fingerprint density at radius 3 is 2.43 bits per heavy atom. The highest BCUT2D eigenvalue weighted by atomic mass is 19.1. The van der Waals surface area contributed by atoms with Gasteiger partial charge in [0.05, 0.1) is 42.6 Å². The molecule has 9 heteroatoms. The van der Waals surface area contributed by atoms with Gasteiger partial charge in [-0.25, -0.2) is 14.1 Å². The van der Waals surface area contributed by atoms with Crippen LogP contribution in [0.3, 0.4) is 0 Å². The van der Waals surface area contributed by atoms with Crippen LogP contribution in [0.15, 0.2) is 36.8 Å². The molecule has 37 heavy (non-hydrogen) atoms. The number of ether oxygens (including phenoxy) is 1. The molecule has 1 amide bonds. The maximum atomic E-state index is 14.7. The fraction of sp³-hybridized carbons (Fsp3) is 0.500. The predicted octanol–water partition coefficient (Wildman–Crippen LogP) is 4.60. The van der Waals surface area contributed by atoms with Crippen molar-refractivity contribution in [2.75, 3.05) is 31.6 Å². The number of morpholine rings is 1. The molecular formula is C28H33FN6O2. The van der Waals surface area contributed by atoms with Gasteiger partial charge in [0.1, 0.15) is 0 Å². The van der Waals surface area contributed by atoms with Crippen LogP contribution >= 0.6 is 0 Å². The zero-order chi connectivity index (χ0) is 25.4. The Kier molecular flexibility index (Phi) is 6.73. The van der Waals surface area contributed by atoms with Gasteiger partial charge in [0, 0.05) is 36.9 Å². The number of amides is 1. The summed E-state index contributed by atoms with van der Waals surface area (Å²) >= 11 is 0. The van der Waals surface area contributed by atoms with Crippen molar-refractivity contribution in [3.05, 3.63) is 65.1 Å². The summed E-state index contributed by atoms with van der Waals surface area (Å²) in [5, 5.41) is 7.15. The predicted molar refractivity (Wildman–Crippen MR) is 138 cm³/mol. The molecule has 3 aromatic rings. The quantitative estimate of drug-likeness (QED) is 0.528. The lowest BCUT2D eigenvalue weighted by molar-refractivity contribution is 0.00721. The summed E-state index contributed by atoms with van der Waals surface area (Å²) in [6.07, 6.45) is 11.7. The largest absolute Gasteiger partial charge is 0.379 e. The first-order valence-electron chi connectivity index (χ1n) is 13.4. The fourth-order valence-electron chi connectivity index (χ4n) is 5.69. The molecule has 6 rings (SSSR count). The summed E-state index contributed by atoms with van der Waals surface area (Å²) in [6.45, 7) is 5.51. The Labute approximate surface area is 216 Å². The maximum Gasteiger partial charge on any atom is 0.259 e. The second kappa shape index (κ2) is 10.3. The van der Waals surface area contributed by atoms with E-state index in [0.29, 0.717) is 34.8 Å². The highest BCUT2D eigenvalue weighted by Crippen LogP contribution is 2.40. The number of carbonyl (C=O) groups excluding carboxylic acids is 1. The average molecular weight is 505 g/mol. The number of anilines is 1. The van der Waals surface area contributed by atoms with Crippen molar-refractivity contribution in [2.24, 2.45) is 0 Å². The Hall–Kier alpha value is -3.17. The smallest absolute Gasteiger partial charge is 0.259 e. The number of aromatic nitrogens is 4. The molecule has 3 fully saturated rings. The van der Waals surface area contributed by atoms with Crippen molar-refractivity contribution in [3.8, 4) is 5.82 Å². The van der Waals surface area contributed by atoms with Gasteiger partial charge in [-0.2, -0.15) is 5.10 Å². The second-order valence-corrected chi connectivity index (χ2v) is 10.5. The van der Waals surface area contributed by atoms with Crippen molar-refractivity contribution in [3.63, 3.8) is 0 Å². The summed E-state index contributed by atoms with van der Waals surface area (Å²) in [7, 11) is 0. The van der Waals surface area contributed by atoms with Crippen LogP contribution in [-0.4, -0.2) is 62.9 Å². The van der Waals surface area contributed by atoms with Crippen molar-refractivity contribution < 1.29 is 13.9 Å². The van der Waals surface area contributed by atoms with Crippen LogP contribution in [0.2, 0.25) is 0 Å². The lowest BCUT2D eigenvalue weighted by Gasteiger charge is -2.38. The lowest BCUT2D eigenvalue weighted by atomic mass is 9.83. The Morgan fingerprint density at radius 2 is 1.76 bits per heavy atom. The maximum absolute atomic E-state index is 14.7. The zero-order valence-electron chi connectivity index (χ0n) is 21.2. The van der Waals surface area contributed by atoms with Crippen LogP contribution < -0.4 is 5.32 Å². The van der Waals surface area contributed by atoms with Gasteiger partial charge in [-0.3, -0.25) is 14.7 Å². The van der Waals surface area contributed by atoms with E-state index in [9.17, 15) is 9.18 Å². The standard InChI is InChI=1S/C28H33FN6O2/c1-18-24(17-32-35(18)27-25(29)14-21(15-31-27)19-2-3-19)28(36)33-22-6-9-26(30-16-22)20-4-7-23(8-5-20)34-10-12-37-13-11-34/h6,9,14-17,19-20,23H,2-5,7-8,10-13H2,1H3,(H,33,36). The van der Waals surface area contributed by atoms with Crippen LogP contribution in [0.25, 0.3) is 5.82 Å². The van der Waals surface area contributed by atoms with Crippen molar-refractivity contribution in [1.29, 1.82) is 0 Å². The van der Waals surface area contributed by atoms with E-state index in [1.807, 2.05) is 12.1 Å². The third-order valence-electron chi connectivity index (χ3n) is 8.07. The minimum Gasteiger partial charge on any atom is -0.379 e. The Morgan fingerprint density at radius 1 is 1.00 bits per heavy atom. The highest BCUT2D eigenvalue weighted by molar-refractivity contribution is 6.04. The lowest BCUT2D eigenvalue weighted by Crippen LogP contribution is -2.44. The summed E-state index contributed by atoms with van der Waals surface area (Å²) in [4.78, 5) is 24.5. The van der Waals surface area contributed by atoms with Crippen molar-refractivity contribution >= 4 is 11.6 Å². The second-order valence-electron chi connectivity index (χ2n) is 10.5. The minimum atomic E-state index is -0.429. The van der Waals surface area contributed by atoms with E-state index in [1.165, 1.54) is 29.8 Å². The molecular weight excluding hydrogens is 471 g/mol. The summed E-state index contributed by atoms with van der Waals surface area (Å²) in [5.41, 5.74) is 3.53. The Balaban J connectivity index is 1.07. The molecule has 0 bridgehead atoms. The molecule has 0 spiro atoms. The molecule has 0 radical (unpaired) electrons. The van der Waals surface area contributed by atoms with Crippen LogP contribution in [0.1, 0.15) is 77.7 Å². The number of halogens is 1. The van der Waals surface area contributed by atoms with E-state index in [2.05, 4.69) is 25.3 Å². The van der Waals surface area contributed by atoms with Crippen LogP contribution in [0.4, 0.5) is 10.1 Å². The van der Waals surface area contributed by atoms with Gasteiger partial charge < -0.3 is 10.1 Å². The van der Waals surface area contributed by atoms with Gasteiger partial charge in [-0.1, -0.05) is 0 Å². The van der Waals surface area contributed by atoms with E-state index in [0.717, 1.165) is 63.2 Å². The van der Waals surface area contributed by atoms with Crippen molar-refractivity contribution in [1.82, 2.24) is 24.6 Å². The van der Waals surface area contributed by atoms with E-state index in [-0.39, 0.29) is 11.7 Å². The molecule has 3 aliphatic rings. The third kappa shape index (κ3) is 5.15. The van der Waals surface area contributed by atoms with E-state index in [4.69, 9.17) is 4.74 Å². The van der Waals surface area contributed by atoms with Gasteiger partial charge in [0.15, 0.2) is 11.6 Å². The molecule has 8 nitrogen and oxygen atoms in total. The number of nitrogens with one attached hydrogen (secondary N) is 1. The molecule has 2 saturated carbocycles. The molecule has 1 saturated heterocycles. The average Bonchev–Trinajstić information content (AvgIpc) is 3.72. The topological polar surface area (TPSA) is 85.2 Å². The van der Waals surface area contributed by atoms with Gasteiger partial charge in [-0.05, 0) is 75.1 Å². The van der Waals surface area contributed by atoms with E-state index < -0.39 is 5.82 Å². The first-order chi connectivity index (χ1) is 18.1. The molecule has 194 valence electrons. The fourth-order valence-corrected chi connectivity index (χ4v) is 5.69. The normalized spacial score (nSPS) is 22.6. The number of nitrogens with zero attached hydrogens (tertiary/aromatic N) is 5. The van der Waals surface area contributed by atoms with Crippen LogP contribution in [0, 0.1) is 12.7 Å². The number of pyridine rings is 2. The molecule has 1 aliphatic heterocycles. The third-order valence-corrected chi connectivity index (χ3v) is 8.07. The molecule has 0 atom stereocenters. The first-order valence-corrected chi connectivity index (χ1v) is 13.4. The SMILES string of the molecule is Cc1c(C(=O)Nc2ccc(C3CCC(N4CCOCC4)CC3)nc2)cnn1-c1ncc(C2CC2)cc1F. The van der Waals surface area contributed by atoms with E-state index in [1.54, 1.807) is 19.3 Å². The summed E-state index contributed by atoms with van der Waals surface area (Å²) < 4.78 is 21.6. The van der Waals surface area contributed by atoms with Gasteiger partial charge in [0.25, 0.3) is 5.91 Å². The highest BCUT2D eigenvalue weighted by Gasteiger charge is 2.28. The molecule has 2 aliphatic carbocycles. The number of rotatable bonds is 6. The minimum absolute atomic E-state index is 0.107. The number of hydrogen-bond acceptors (Lipinski definition) is 6. The van der Waals surface area contributed by atoms with Crippen molar-refractivity contribution in [2.45, 2.75) is 63.3 Å². The summed E-state index contributed by atoms with van der Waals surface area (Å²) in [5.74, 6) is 0.244. The molecule has 4 heterocycles. The van der Waals surface area contributed by atoms with Gasteiger partial charge in [0.2, 0.25) is 0 Å². The van der Waals surface area contributed by atoms with Crippen LogP contribution in [-0.2, 0) is 4.74 Å². The monoisotopic (exact) mass is 504 g/mol. The molecule has 0 unspecified atom stereocenters. The molecule has 1 N–H and O–H groups in total. The van der Waals surface area contributed by atoms with E-state index >= 15 is 0 Å². The zero-order valence-corrected chi connectivity index (χ0v) is 21.2. The first kappa shape index (κ1) is 24.2. The number of carbonyl (C=O) groups is 1. The van der Waals surface area contributed by atoms with Gasteiger partial charge in [-0.15, -0.1) is 0 Å². The molecule has 0 aromatic carbocycles. The summed E-state index contributed by atoms with van der Waals surface area (Å²) in [6, 6.07) is 6.11. The number of hydrogen-bond donors (Lipinski definition) is 1. The Bertz CT molecular complexity index is 1260.